The van der Waals surface area contributed by atoms with E-state index in [4.69, 9.17) is 14.2 Å². The van der Waals surface area contributed by atoms with Gasteiger partial charge in [0.05, 0.1) is 26.9 Å². The third-order valence-corrected chi connectivity index (χ3v) is 4.06. The summed E-state index contributed by atoms with van der Waals surface area (Å²) in [6.45, 7) is 4.62. The molecule has 0 fully saturated rings. The van der Waals surface area contributed by atoms with Crippen molar-refractivity contribution in [1.82, 2.24) is 24.5 Å². The lowest BCUT2D eigenvalue weighted by Gasteiger charge is -2.09. The smallest absolute Gasteiger partial charge is 0.243 e. The molecule has 0 saturated heterocycles. The second kappa shape index (κ2) is 8.90. The highest BCUT2D eigenvalue weighted by atomic mass is 32.2. The molecule has 0 aromatic carbocycles. The molecule has 9 heteroatoms. The van der Waals surface area contributed by atoms with Crippen LogP contribution in [0.25, 0.3) is 11.4 Å². The highest BCUT2D eigenvalue weighted by molar-refractivity contribution is 7.99. The Morgan fingerprint density at radius 1 is 1.22 bits per heavy atom. The minimum atomic E-state index is 0.532. The van der Waals surface area contributed by atoms with Crippen LogP contribution in [-0.2, 0) is 23.1 Å². The molecule has 0 aliphatic rings. The van der Waals surface area contributed by atoms with E-state index in [2.05, 4.69) is 15.3 Å². The molecule has 2 heterocycles. The standard InChI is InChI=1S/C14H23N5O3S/c1-5-22-8-9-23-14-16-15-12(19(14)6-7-20-3)11-10-18(2)17-13(11)21-4/h10H,5-9H2,1-4H3. The summed E-state index contributed by atoms with van der Waals surface area (Å²) < 4.78 is 19.6. The third kappa shape index (κ3) is 4.46. The topological polar surface area (TPSA) is 76.2 Å². The molecular weight excluding hydrogens is 318 g/mol. The zero-order valence-electron chi connectivity index (χ0n) is 14.0. The van der Waals surface area contributed by atoms with Crippen molar-refractivity contribution in [3.8, 4) is 17.3 Å². The van der Waals surface area contributed by atoms with Gasteiger partial charge in [-0.1, -0.05) is 11.8 Å². The minimum absolute atomic E-state index is 0.532. The fourth-order valence-corrected chi connectivity index (χ4v) is 2.90. The largest absolute Gasteiger partial charge is 0.479 e. The van der Waals surface area contributed by atoms with Crippen molar-refractivity contribution < 1.29 is 14.2 Å². The number of aryl methyl sites for hydroxylation is 1. The van der Waals surface area contributed by atoms with E-state index in [-0.39, 0.29) is 0 Å². The monoisotopic (exact) mass is 341 g/mol. The first-order valence-corrected chi connectivity index (χ1v) is 8.40. The highest BCUT2D eigenvalue weighted by Crippen LogP contribution is 2.29. The molecule has 23 heavy (non-hydrogen) atoms. The van der Waals surface area contributed by atoms with Crippen molar-refractivity contribution in [2.75, 3.05) is 39.8 Å². The predicted molar refractivity (Wildman–Crippen MR) is 87.9 cm³/mol. The van der Waals surface area contributed by atoms with E-state index >= 15 is 0 Å². The van der Waals surface area contributed by atoms with Gasteiger partial charge in [-0.15, -0.1) is 15.3 Å². The van der Waals surface area contributed by atoms with Crippen LogP contribution in [0.3, 0.4) is 0 Å². The van der Waals surface area contributed by atoms with Crippen LogP contribution < -0.4 is 4.74 Å². The van der Waals surface area contributed by atoms with Crippen LogP contribution in [0.15, 0.2) is 11.4 Å². The number of hydrogen-bond donors (Lipinski definition) is 0. The molecule has 2 aromatic rings. The lowest BCUT2D eigenvalue weighted by molar-refractivity contribution is 0.164. The summed E-state index contributed by atoms with van der Waals surface area (Å²) >= 11 is 1.61. The van der Waals surface area contributed by atoms with Crippen molar-refractivity contribution in [3.05, 3.63) is 6.20 Å². The number of rotatable bonds is 10. The Hall–Kier alpha value is -1.58. The molecule has 0 unspecified atom stereocenters. The Morgan fingerprint density at radius 3 is 2.74 bits per heavy atom. The molecule has 8 nitrogen and oxygen atoms in total. The zero-order valence-corrected chi connectivity index (χ0v) is 14.8. The molecule has 2 rings (SSSR count). The third-order valence-electron chi connectivity index (χ3n) is 3.13. The molecule has 0 amide bonds. The van der Waals surface area contributed by atoms with Crippen molar-refractivity contribution in [3.63, 3.8) is 0 Å². The SMILES string of the molecule is CCOCCSc1nnc(-c2cn(C)nc2OC)n1CCOC. The van der Waals surface area contributed by atoms with Crippen LogP contribution in [0, 0.1) is 0 Å². The summed E-state index contributed by atoms with van der Waals surface area (Å²) in [5.74, 6) is 2.08. The fraction of sp³-hybridized carbons (Fsp3) is 0.643. The average Bonchev–Trinajstić information content (AvgIpc) is 3.12. The van der Waals surface area contributed by atoms with Crippen LogP contribution >= 0.6 is 11.8 Å². The van der Waals surface area contributed by atoms with Crippen LogP contribution in [0.2, 0.25) is 0 Å². The normalized spacial score (nSPS) is 11.1. The van der Waals surface area contributed by atoms with Crippen molar-refractivity contribution in [1.29, 1.82) is 0 Å². The average molecular weight is 341 g/mol. The Kier molecular flexibility index (Phi) is 6.87. The highest BCUT2D eigenvalue weighted by Gasteiger charge is 2.20. The maximum Gasteiger partial charge on any atom is 0.243 e. The van der Waals surface area contributed by atoms with Gasteiger partial charge in [-0.3, -0.25) is 9.25 Å². The second-order valence-corrected chi connectivity index (χ2v) is 5.78. The summed E-state index contributed by atoms with van der Waals surface area (Å²) in [5.41, 5.74) is 0.815. The Labute approximate surface area is 140 Å². The first-order chi connectivity index (χ1) is 11.2. The molecule has 0 saturated carbocycles. The van der Waals surface area contributed by atoms with Crippen LogP contribution in [0.1, 0.15) is 6.92 Å². The summed E-state index contributed by atoms with van der Waals surface area (Å²) in [7, 11) is 5.12. The van der Waals surface area contributed by atoms with Crippen molar-refractivity contribution >= 4 is 11.8 Å². The van der Waals surface area contributed by atoms with Crippen molar-refractivity contribution in [2.45, 2.75) is 18.6 Å². The molecule has 0 bridgehead atoms. The quantitative estimate of drug-likeness (QED) is 0.478. The number of ether oxygens (including phenoxy) is 3. The predicted octanol–water partition coefficient (Wildman–Crippen LogP) is 1.46. The maximum atomic E-state index is 5.37. The maximum absolute atomic E-state index is 5.37. The molecule has 0 N–H and O–H groups in total. The number of thioether (sulfide) groups is 1. The van der Waals surface area contributed by atoms with E-state index in [0.29, 0.717) is 25.6 Å². The molecule has 0 radical (unpaired) electrons. The molecule has 0 aliphatic carbocycles. The van der Waals surface area contributed by atoms with E-state index in [9.17, 15) is 0 Å². The van der Waals surface area contributed by atoms with E-state index < -0.39 is 0 Å². The fourth-order valence-electron chi connectivity index (χ4n) is 2.09. The Balaban J connectivity index is 2.25. The van der Waals surface area contributed by atoms with Crippen LogP contribution in [0.4, 0.5) is 0 Å². The lowest BCUT2D eigenvalue weighted by atomic mass is 10.3. The van der Waals surface area contributed by atoms with E-state index in [0.717, 1.165) is 28.9 Å². The number of methoxy groups -OCH3 is 2. The van der Waals surface area contributed by atoms with Gasteiger partial charge < -0.3 is 14.2 Å². The van der Waals surface area contributed by atoms with E-state index in [1.807, 2.05) is 24.7 Å². The molecule has 0 spiro atoms. The molecular formula is C14H23N5O3S. The van der Waals surface area contributed by atoms with E-state index in [1.54, 1.807) is 30.7 Å². The Bertz CT molecular complexity index is 614. The molecule has 2 aromatic heterocycles. The van der Waals surface area contributed by atoms with Gasteiger partial charge in [0.1, 0.15) is 5.56 Å². The first kappa shape index (κ1) is 17.8. The van der Waals surface area contributed by atoms with Gasteiger partial charge in [0.15, 0.2) is 11.0 Å². The Morgan fingerprint density at radius 2 is 2.04 bits per heavy atom. The van der Waals surface area contributed by atoms with Gasteiger partial charge in [-0.05, 0) is 6.92 Å². The van der Waals surface area contributed by atoms with Gasteiger partial charge in [0.2, 0.25) is 5.88 Å². The first-order valence-electron chi connectivity index (χ1n) is 7.41. The van der Waals surface area contributed by atoms with Gasteiger partial charge in [0, 0.05) is 32.7 Å². The summed E-state index contributed by atoms with van der Waals surface area (Å²) in [4.78, 5) is 0. The summed E-state index contributed by atoms with van der Waals surface area (Å²) in [5, 5.41) is 13.7. The summed E-state index contributed by atoms with van der Waals surface area (Å²) in [6, 6.07) is 0. The molecule has 0 atom stereocenters. The van der Waals surface area contributed by atoms with E-state index in [1.165, 1.54) is 0 Å². The number of hydrogen-bond acceptors (Lipinski definition) is 7. The lowest BCUT2D eigenvalue weighted by Crippen LogP contribution is -2.08. The molecule has 128 valence electrons. The van der Waals surface area contributed by atoms with Crippen LogP contribution in [0.5, 0.6) is 5.88 Å². The van der Waals surface area contributed by atoms with Gasteiger partial charge in [-0.2, -0.15) is 0 Å². The van der Waals surface area contributed by atoms with Gasteiger partial charge >= 0.3 is 0 Å². The number of nitrogens with zero attached hydrogens (tertiary/aromatic N) is 5. The number of aromatic nitrogens is 5. The van der Waals surface area contributed by atoms with Gasteiger partial charge in [0.25, 0.3) is 0 Å². The van der Waals surface area contributed by atoms with Gasteiger partial charge in [-0.25, -0.2) is 0 Å². The second-order valence-electron chi connectivity index (χ2n) is 4.72. The molecule has 0 aliphatic heterocycles. The van der Waals surface area contributed by atoms with Crippen molar-refractivity contribution in [2.24, 2.45) is 7.05 Å². The zero-order chi connectivity index (χ0) is 16.7. The minimum Gasteiger partial charge on any atom is -0.479 e. The van der Waals surface area contributed by atoms with Crippen LogP contribution in [-0.4, -0.2) is 64.3 Å². The summed E-state index contributed by atoms with van der Waals surface area (Å²) in [6.07, 6.45) is 1.88.